The Morgan fingerprint density at radius 3 is 2.95 bits per heavy atom. The summed E-state index contributed by atoms with van der Waals surface area (Å²) in [4.78, 5) is 25.0. The first-order chi connectivity index (χ1) is 9.66. The molecule has 104 valence electrons. The zero-order chi connectivity index (χ0) is 14.1. The van der Waals surface area contributed by atoms with Crippen molar-refractivity contribution >= 4 is 17.4 Å². The van der Waals surface area contributed by atoms with Crippen LogP contribution in [0.2, 0.25) is 0 Å². The number of morpholine rings is 1. The van der Waals surface area contributed by atoms with E-state index in [9.17, 15) is 9.59 Å². The lowest BCUT2D eigenvalue weighted by Crippen LogP contribution is -2.52. The van der Waals surface area contributed by atoms with E-state index >= 15 is 0 Å². The molecule has 0 aromatic carbocycles. The van der Waals surface area contributed by atoms with Crippen LogP contribution in [0.15, 0.2) is 36.7 Å². The highest BCUT2D eigenvalue weighted by Gasteiger charge is 2.33. The van der Waals surface area contributed by atoms with E-state index < -0.39 is 12.0 Å². The molecule has 20 heavy (non-hydrogen) atoms. The smallest absolute Gasteiger partial charge is 0.328 e. The van der Waals surface area contributed by atoms with Crippen LogP contribution < -0.4 is 0 Å². The number of carbonyl (C=O) groups excluding carboxylic acids is 1. The molecule has 0 radical (unpaired) electrons. The number of ether oxygens (including phenoxy) is 1. The van der Waals surface area contributed by atoms with Crippen molar-refractivity contribution in [3.63, 3.8) is 0 Å². The predicted octanol–water partition coefficient (Wildman–Crippen LogP) is 0.865. The summed E-state index contributed by atoms with van der Waals surface area (Å²) in [5, 5.41) is 9.17. The fourth-order valence-electron chi connectivity index (χ4n) is 2.39. The lowest BCUT2D eigenvalue weighted by Gasteiger charge is -2.32. The lowest BCUT2D eigenvalue weighted by atomic mass is 10.2. The van der Waals surface area contributed by atoms with Gasteiger partial charge in [-0.15, -0.1) is 0 Å². The van der Waals surface area contributed by atoms with Crippen LogP contribution in [0.4, 0.5) is 0 Å². The summed E-state index contributed by atoms with van der Waals surface area (Å²) in [5.74, 6) is -1.31. The predicted molar refractivity (Wildman–Crippen MR) is 70.7 cm³/mol. The highest BCUT2D eigenvalue weighted by Crippen LogP contribution is 2.16. The first-order valence-electron chi connectivity index (χ1n) is 6.35. The van der Waals surface area contributed by atoms with E-state index in [1.165, 1.54) is 4.90 Å². The largest absolute Gasteiger partial charge is 0.480 e. The number of rotatable bonds is 2. The van der Waals surface area contributed by atoms with Crippen molar-refractivity contribution < 1.29 is 19.4 Å². The summed E-state index contributed by atoms with van der Waals surface area (Å²) in [6, 6.07) is 6.50. The maximum atomic E-state index is 12.5. The number of aromatic nitrogens is 1. The Kier molecular flexibility index (Phi) is 3.15. The summed E-state index contributed by atoms with van der Waals surface area (Å²) in [5.41, 5.74) is 1.39. The van der Waals surface area contributed by atoms with Gasteiger partial charge in [-0.25, -0.2) is 4.79 Å². The van der Waals surface area contributed by atoms with Gasteiger partial charge in [0.2, 0.25) is 0 Å². The molecule has 2 aromatic rings. The summed E-state index contributed by atoms with van der Waals surface area (Å²) in [6.07, 6.45) is 3.56. The standard InChI is InChI=1S/C14H14N2O4/c17-13(16-5-6-20-9-12(16)14(18)19)10-7-11-3-1-2-4-15(11)8-10/h1-4,7-8,12H,5-6,9H2,(H,18,19). The van der Waals surface area contributed by atoms with Crippen molar-refractivity contribution in [2.24, 2.45) is 0 Å². The quantitative estimate of drug-likeness (QED) is 0.882. The molecular formula is C14H14N2O4. The molecule has 0 saturated carbocycles. The van der Waals surface area contributed by atoms with Crippen LogP contribution in [0.3, 0.4) is 0 Å². The molecule has 1 saturated heterocycles. The van der Waals surface area contributed by atoms with E-state index in [1.807, 2.05) is 28.8 Å². The molecule has 6 heteroatoms. The van der Waals surface area contributed by atoms with Crippen molar-refractivity contribution in [3.05, 3.63) is 42.2 Å². The number of aliphatic carboxylic acids is 1. The van der Waals surface area contributed by atoms with E-state index in [2.05, 4.69) is 0 Å². The van der Waals surface area contributed by atoms with E-state index in [0.717, 1.165) is 5.52 Å². The lowest BCUT2D eigenvalue weighted by molar-refractivity contribution is -0.147. The van der Waals surface area contributed by atoms with Gasteiger partial charge in [0.05, 0.1) is 18.8 Å². The highest BCUT2D eigenvalue weighted by atomic mass is 16.5. The third-order valence-corrected chi connectivity index (χ3v) is 3.43. The zero-order valence-electron chi connectivity index (χ0n) is 10.7. The normalized spacial score (nSPS) is 19.2. The number of nitrogens with zero attached hydrogens (tertiary/aromatic N) is 2. The molecule has 1 unspecified atom stereocenters. The Bertz CT molecular complexity index is 631. The fourth-order valence-corrected chi connectivity index (χ4v) is 2.39. The number of carbonyl (C=O) groups is 2. The van der Waals surface area contributed by atoms with Crippen molar-refractivity contribution in [2.45, 2.75) is 6.04 Å². The number of carboxylic acid groups (broad SMARTS) is 1. The monoisotopic (exact) mass is 274 g/mol. The third kappa shape index (κ3) is 2.14. The number of carboxylic acids is 1. The molecule has 3 heterocycles. The number of hydrogen-bond donors (Lipinski definition) is 1. The van der Waals surface area contributed by atoms with E-state index in [0.29, 0.717) is 18.7 Å². The van der Waals surface area contributed by atoms with Crippen molar-refractivity contribution in [1.29, 1.82) is 0 Å². The number of pyridine rings is 1. The van der Waals surface area contributed by atoms with Gasteiger partial charge in [-0.05, 0) is 18.2 Å². The first kappa shape index (κ1) is 12.7. The number of hydrogen-bond acceptors (Lipinski definition) is 3. The molecule has 0 aliphatic carbocycles. The Morgan fingerprint density at radius 1 is 1.35 bits per heavy atom. The van der Waals surface area contributed by atoms with Crippen LogP contribution in [0.25, 0.3) is 5.52 Å². The van der Waals surface area contributed by atoms with Crippen LogP contribution in [-0.4, -0.2) is 52.1 Å². The van der Waals surface area contributed by atoms with Gasteiger partial charge >= 0.3 is 5.97 Å². The van der Waals surface area contributed by atoms with Crippen molar-refractivity contribution in [1.82, 2.24) is 9.30 Å². The summed E-state index contributed by atoms with van der Waals surface area (Å²) in [6.45, 7) is 0.694. The Balaban J connectivity index is 1.92. The molecular weight excluding hydrogens is 260 g/mol. The van der Waals surface area contributed by atoms with Gasteiger partial charge in [-0.3, -0.25) is 4.79 Å². The van der Waals surface area contributed by atoms with Crippen LogP contribution in [-0.2, 0) is 9.53 Å². The van der Waals surface area contributed by atoms with Crippen LogP contribution in [0.5, 0.6) is 0 Å². The Hall–Kier alpha value is -2.34. The zero-order valence-corrected chi connectivity index (χ0v) is 10.7. The van der Waals surface area contributed by atoms with Gasteiger partial charge in [0.1, 0.15) is 0 Å². The fraction of sp³-hybridized carbons (Fsp3) is 0.286. The summed E-state index contributed by atoms with van der Waals surface area (Å²) < 4.78 is 6.98. The summed E-state index contributed by atoms with van der Waals surface area (Å²) >= 11 is 0. The third-order valence-electron chi connectivity index (χ3n) is 3.43. The van der Waals surface area contributed by atoms with Crippen LogP contribution in [0, 0.1) is 0 Å². The average Bonchev–Trinajstić information content (AvgIpc) is 2.90. The first-order valence-corrected chi connectivity index (χ1v) is 6.35. The molecule has 2 aromatic heterocycles. The minimum Gasteiger partial charge on any atom is -0.480 e. The molecule has 0 spiro atoms. The van der Waals surface area contributed by atoms with Crippen LogP contribution in [0.1, 0.15) is 10.4 Å². The van der Waals surface area contributed by atoms with Gasteiger partial charge in [0.25, 0.3) is 5.91 Å². The van der Waals surface area contributed by atoms with Gasteiger partial charge < -0.3 is 19.1 Å². The van der Waals surface area contributed by atoms with Gasteiger partial charge in [0.15, 0.2) is 6.04 Å². The number of amides is 1. The number of fused-ring (bicyclic) bond motifs is 1. The van der Waals surface area contributed by atoms with Gasteiger partial charge in [-0.2, -0.15) is 0 Å². The van der Waals surface area contributed by atoms with E-state index in [4.69, 9.17) is 9.84 Å². The molecule has 1 aliphatic heterocycles. The minimum atomic E-state index is -1.04. The molecule has 1 amide bonds. The summed E-state index contributed by atoms with van der Waals surface area (Å²) in [7, 11) is 0. The second-order valence-corrected chi connectivity index (χ2v) is 4.69. The second kappa shape index (κ2) is 4.97. The molecule has 3 rings (SSSR count). The highest BCUT2D eigenvalue weighted by molar-refractivity contribution is 5.98. The van der Waals surface area contributed by atoms with Gasteiger partial charge in [0, 0.05) is 24.5 Å². The molecule has 1 atom stereocenters. The van der Waals surface area contributed by atoms with E-state index in [-0.39, 0.29) is 12.5 Å². The van der Waals surface area contributed by atoms with Crippen LogP contribution >= 0.6 is 0 Å². The van der Waals surface area contributed by atoms with Crippen molar-refractivity contribution in [3.8, 4) is 0 Å². The minimum absolute atomic E-state index is 0.0362. The Morgan fingerprint density at radius 2 is 2.20 bits per heavy atom. The SMILES string of the molecule is O=C(O)C1COCCN1C(=O)c1cc2ccccn2c1. The molecule has 1 N–H and O–H groups in total. The Labute approximate surface area is 115 Å². The molecule has 0 bridgehead atoms. The van der Waals surface area contributed by atoms with Gasteiger partial charge in [-0.1, -0.05) is 6.07 Å². The topological polar surface area (TPSA) is 71.2 Å². The van der Waals surface area contributed by atoms with Crippen molar-refractivity contribution in [2.75, 3.05) is 19.8 Å². The molecule has 1 aliphatic rings. The second-order valence-electron chi connectivity index (χ2n) is 4.69. The maximum Gasteiger partial charge on any atom is 0.328 e. The average molecular weight is 274 g/mol. The molecule has 1 fully saturated rings. The maximum absolute atomic E-state index is 12.5. The van der Waals surface area contributed by atoms with E-state index in [1.54, 1.807) is 12.3 Å². The molecule has 6 nitrogen and oxygen atoms in total.